The van der Waals surface area contributed by atoms with E-state index in [1.54, 1.807) is 0 Å². The van der Waals surface area contributed by atoms with Gasteiger partial charge in [0, 0.05) is 31.8 Å². The molecule has 1 amide bonds. The number of guanidine groups is 1. The molecule has 0 spiro atoms. The minimum Gasteiger partial charge on any atom is -0.378 e. The van der Waals surface area contributed by atoms with E-state index in [2.05, 4.69) is 20.5 Å². The van der Waals surface area contributed by atoms with Crippen LogP contribution >= 0.6 is 24.0 Å². The average Bonchev–Trinajstić information content (AvgIpc) is 2.43. The number of carbonyl (C=O) groups excluding carboxylic acids is 1. The third kappa shape index (κ3) is 9.34. The fourth-order valence-corrected chi connectivity index (χ4v) is 2.50. The molecule has 0 bridgehead atoms. The van der Waals surface area contributed by atoms with Gasteiger partial charge in [-0.3, -0.25) is 4.79 Å². The Labute approximate surface area is 157 Å². The first kappa shape index (κ1) is 22.4. The molecule has 1 saturated heterocycles. The summed E-state index contributed by atoms with van der Waals surface area (Å²) < 4.78 is 5.67. The molecule has 6 nitrogen and oxygen atoms in total. The molecule has 0 aromatic heterocycles. The van der Waals surface area contributed by atoms with Crippen LogP contribution in [0.5, 0.6) is 0 Å². The van der Waals surface area contributed by atoms with Crippen LogP contribution in [0.2, 0.25) is 0 Å². The molecule has 1 fully saturated rings. The minimum absolute atomic E-state index is 0. The molecule has 0 radical (unpaired) electrons. The normalized spacial score (nSPS) is 16.7. The van der Waals surface area contributed by atoms with Gasteiger partial charge in [-0.05, 0) is 47.5 Å². The molecule has 136 valence electrons. The maximum absolute atomic E-state index is 11.9. The van der Waals surface area contributed by atoms with Crippen molar-refractivity contribution in [1.82, 2.24) is 15.5 Å². The fourth-order valence-electron chi connectivity index (χ4n) is 2.50. The molecule has 1 aliphatic rings. The molecule has 1 aliphatic heterocycles. The topological polar surface area (TPSA) is 66.0 Å². The summed E-state index contributed by atoms with van der Waals surface area (Å²) in [7, 11) is 0. The highest BCUT2D eigenvalue weighted by Crippen LogP contribution is 2.13. The number of hydrogen-bond donors (Lipinski definition) is 2. The molecule has 23 heavy (non-hydrogen) atoms. The Kier molecular flexibility index (Phi) is 10.8. The summed E-state index contributed by atoms with van der Waals surface area (Å²) in [5.74, 6) is 0.772. The lowest BCUT2D eigenvalue weighted by Gasteiger charge is -2.34. The van der Waals surface area contributed by atoms with Crippen molar-refractivity contribution >= 4 is 35.8 Å². The quantitative estimate of drug-likeness (QED) is 0.390. The maximum atomic E-state index is 11.9. The highest BCUT2D eigenvalue weighted by molar-refractivity contribution is 14.0. The van der Waals surface area contributed by atoms with Gasteiger partial charge < -0.3 is 20.3 Å². The van der Waals surface area contributed by atoms with Crippen molar-refractivity contribution in [2.24, 2.45) is 4.99 Å². The van der Waals surface area contributed by atoms with Crippen molar-refractivity contribution < 1.29 is 9.53 Å². The third-order valence-corrected chi connectivity index (χ3v) is 3.37. The predicted molar refractivity (Wildman–Crippen MR) is 106 cm³/mol. The van der Waals surface area contributed by atoms with Gasteiger partial charge in [-0.1, -0.05) is 0 Å². The lowest BCUT2D eigenvalue weighted by Crippen LogP contribution is -2.48. The van der Waals surface area contributed by atoms with E-state index in [0.717, 1.165) is 45.0 Å². The van der Waals surface area contributed by atoms with E-state index in [0.29, 0.717) is 6.10 Å². The Bertz CT molecular complexity index is 375. The molecule has 0 aliphatic carbocycles. The zero-order chi connectivity index (χ0) is 16.6. The summed E-state index contributed by atoms with van der Waals surface area (Å²) in [5.41, 5.74) is -0.221. The van der Waals surface area contributed by atoms with Crippen LogP contribution in [0.15, 0.2) is 4.99 Å². The third-order valence-electron chi connectivity index (χ3n) is 3.37. The van der Waals surface area contributed by atoms with Crippen LogP contribution in [0.3, 0.4) is 0 Å². The van der Waals surface area contributed by atoms with Crippen molar-refractivity contribution in [1.29, 1.82) is 0 Å². The first-order valence-corrected chi connectivity index (χ1v) is 8.31. The van der Waals surface area contributed by atoms with Crippen molar-refractivity contribution in [2.45, 2.75) is 59.1 Å². The molecule has 7 heteroatoms. The van der Waals surface area contributed by atoms with E-state index < -0.39 is 0 Å². The second-order valence-electron chi connectivity index (χ2n) is 6.61. The standard InChI is InChI=1S/C16H32N4O2.HI/c1-6-17-15(18-12-14(21)19-16(3,4)5)20-10-8-13(9-11-20)22-7-2;/h13H,6-12H2,1-5H3,(H,17,18)(H,19,21);1H. The number of piperidine rings is 1. The lowest BCUT2D eigenvalue weighted by atomic mass is 10.1. The van der Waals surface area contributed by atoms with Crippen molar-refractivity contribution in [2.75, 3.05) is 32.8 Å². The van der Waals surface area contributed by atoms with Crippen molar-refractivity contribution in [3.63, 3.8) is 0 Å². The Balaban J connectivity index is 0.00000484. The fraction of sp³-hybridized carbons (Fsp3) is 0.875. The molecule has 1 heterocycles. The smallest absolute Gasteiger partial charge is 0.242 e. The monoisotopic (exact) mass is 440 g/mol. The number of aliphatic imine (C=N–C) groups is 1. The second-order valence-corrected chi connectivity index (χ2v) is 6.61. The lowest BCUT2D eigenvalue weighted by molar-refractivity contribution is -0.121. The second kappa shape index (κ2) is 11.1. The summed E-state index contributed by atoms with van der Waals surface area (Å²) in [4.78, 5) is 18.6. The zero-order valence-corrected chi connectivity index (χ0v) is 17.5. The van der Waals surface area contributed by atoms with Crippen molar-refractivity contribution in [3.8, 4) is 0 Å². The van der Waals surface area contributed by atoms with E-state index in [1.165, 1.54) is 0 Å². The van der Waals surface area contributed by atoms with E-state index in [-0.39, 0.29) is 42.0 Å². The summed E-state index contributed by atoms with van der Waals surface area (Å²) in [5, 5.41) is 6.20. The van der Waals surface area contributed by atoms with Gasteiger partial charge >= 0.3 is 0 Å². The maximum Gasteiger partial charge on any atom is 0.242 e. The zero-order valence-electron chi connectivity index (χ0n) is 15.1. The number of nitrogens with one attached hydrogen (secondary N) is 2. The Morgan fingerprint density at radius 3 is 2.35 bits per heavy atom. The number of nitrogens with zero attached hydrogens (tertiary/aromatic N) is 2. The Hall–Kier alpha value is -0.570. The number of hydrogen-bond acceptors (Lipinski definition) is 3. The molecule has 1 rings (SSSR count). The first-order chi connectivity index (χ1) is 10.4. The molecule has 0 atom stereocenters. The van der Waals surface area contributed by atoms with E-state index in [9.17, 15) is 4.79 Å². The van der Waals surface area contributed by atoms with Crippen LogP contribution in [0.1, 0.15) is 47.5 Å². The highest BCUT2D eigenvalue weighted by atomic mass is 127. The Morgan fingerprint density at radius 2 is 1.87 bits per heavy atom. The number of rotatable bonds is 5. The summed E-state index contributed by atoms with van der Waals surface area (Å²) in [6.45, 7) is 13.5. The van der Waals surface area contributed by atoms with Gasteiger partial charge in [0.2, 0.25) is 5.91 Å². The summed E-state index contributed by atoms with van der Waals surface area (Å²) >= 11 is 0. The highest BCUT2D eigenvalue weighted by Gasteiger charge is 2.22. The number of ether oxygens (including phenoxy) is 1. The number of halogens is 1. The molecular weight excluding hydrogens is 407 g/mol. The van der Waals surface area contributed by atoms with Crippen LogP contribution in [0.4, 0.5) is 0 Å². The van der Waals surface area contributed by atoms with Gasteiger partial charge in [0.1, 0.15) is 6.54 Å². The summed E-state index contributed by atoms with van der Waals surface area (Å²) in [6, 6.07) is 0. The van der Waals surface area contributed by atoms with Gasteiger partial charge in [-0.15, -0.1) is 24.0 Å². The molecule has 2 N–H and O–H groups in total. The largest absolute Gasteiger partial charge is 0.378 e. The number of carbonyl (C=O) groups is 1. The Morgan fingerprint density at radius 1 is 1.26 bits per heavy atom. The average molecular weight is 440 g/mol. The number of likely N-dealkylation sites (tertiary alicyclic amines) is 1. The van der Waals surface area contributed by atoms with Gasteiger partial charge in [0.05, 0.1) is 6.10 Å². The van der Waals surface area contributed by atoms with Crippen LogP contribution in [0, 0.1) is 0 Å². The van der Waals surface area contributed by atoms with Crippen LogP contribution < -0.4 is 10.6 Å². The first-order valence-electron chi connectivity index (χ1n) is 8.31. The molecular formula is C16H33IN4O2. The molecule has 0 aromatic rings. The van der Waals surface area contributed by atoms with Gasteiger partial charge in [0.15, 0.2) is 5.96 Å². The van der Waals surface area contributed by atoms with Crippen LogP contribution in [-0.4, -0.2) is 61.2 Å². The molecule has 0 unspecified atom stereocenters. The SMILES string of the molecule is CCNC(=NCC(=O)NC(C)(C)C)N1CCC(OCC)CC1.I. The van der Waals surface area contributed by atoms with Gasteiger partial charge in [0.25, 0.3) is 0 Å². The molecule has 0 aromatic carbocycles. The van der Waals surface area contributed by atoms with E-state index in [4.69, 9.17) is 4.74 Å². The minimum atomic E-state index is -0.221. The predicted octanol–water partition coefficient (Wildman–Crippen LogP) is 1.99. The summed E-state index contributed by atoms with van der Waals surface area (Å²) in [6.07, 6.45) is 2.37. The van der Waals surface area contributed by atoms with Gasteiger partial charge in [-0.25, -0.2) is 4.99 Å². The van der Waals surface area contributed by atoms with E-state index >= 15 is 0 Å². The van der Waals surface area contributed by atoms with Crippen LogP contribution in [0.25, 0.3) is 0 Å². The van der Waals surface area contributed by atoms with E-state index in [1.807, 2.05) is 34.6 Å². The molecule has 0 saturated carbocycles. The van der Waals surface area contributed by atoms with Gasteiger partial charge in [-0.2, -0.15) is 0 Å². The van der Waals surface area contributed by atoms with Crippen molar-refractivity contribution in [3.05, 3.63) is 0 Å². The van der Waals surface area contributed by atoms with Crippen LogP contribution in [-0.2, 0) is 9.53 Å². The number of amides is 1.